The lowest BCUT2D eigenvalue weighted by Crippen LogP contribution is -2.39. The minimum absolute atomic E-state index is 0.00506. The number of aromatic nitrogens is 1. The fourth-order valence-electron chi connectivity index (χ4n) is 3.73. The van der Waals surface area contributed by atoms with Gasteiger partial charge in [0.15, 0.2) is 5.11 Å². The van der Waals surface area contributed by atoms with Crippen molar-refractivity contribution in [2.45, 2.75) is 25.8 Å². The van der Waals surface area contributed by atoms with Crippen LogP contribution in [0.4, 0.5) is 11.4 Å². The highest BCUT2D eigenvalue weighted by Gasteiger charge is 2.43. The molecule has 1 unspecified atom stereocenters. The van der Waals surface area contributed by atoms with Gasteiger partial charge in [0.05, 0.1) is 24.0 Å². The lowest BCUT2D eigenvalue weighted by Gasteiger charge is -2.24. The van der Waals surface area contributed by atoms with Crippen LogP contribution in [0.5, 0.6) is 0 Å². The number of para-hydroxylation sites is 1. The summed E-state index contributed by atoms with van der Waals surface area (Å²) in [5, 5.41) is 3.24. The highest BCUT2D eigenvalue weighted by Crippen LogP contribution is 2.27. The number of carbonyl (C=O) groups is 2. The largest absolute Gasteiger partial charge is 0.336 e. The molecule has 0 saturated carbocycles. The number of hydrogen-bond donors (Lipinski definition) is 1. The molecule has 0 aliphatic carbocycles. The van der Waals surface area contributed by atoms with Gasteiger partial charge < -0.3 is 10.2 Å². The molecule has 2 aromatic carbocycles. The number of carbonyl (C=O) groups excluding carboxylic acids is 2. The van der Waals surface area contributed by atoms with E-state index in [9.17, 15) is 9.59 Å². The zero-order valence-electron chi connectivity index (χ0n) is 17.8. The third-order valence-electron chi connectivity index (χ3n) is 5.42. The van der Waals surface area contributed by atoms with E-state index < -0.39 is 6.04 Å². The van der Waals surface area contributed by atoms with E-state index in [1.165, 1.54) is 10.5 Å². The first-order chi connectivity index (χ1) is 15.5. The molecule has 0 bridgehead atoms. The predicted octanol–water partition coefficient (Wildman–Crippen LogP) is 3.96. The summed E-state index contributed by atoms with van der Waals surface area (Å²) in [5.74, 6) is -0.444. The number of anilines is 2. The van der Waals surface area contributed by atoms with Crippen LogP contribution in [-0.4, -0.2) is 39.4 Å². The van der Waals surface area contributed by atoms with Gasteiger partial charge in [-0.25, -0.2) is 0 Å². The van der Waals surface area contributed by atoms with Crippen molar-refractivity contribution in [2.24, 2.45) is 0 Å². The fraction of sp³-hybridized carbons (Fsp3) is 0.200. The summed E-state index contributed by atoms with van der Waals surface area (Å²) in [5.41, 5.74) is 3.65. The molecule has 6 nitrogen and oxygen atoms in total. The second-order valence-electron chi connectivity index (χ2n) is 7.73. The Morgan fingerprint density at radius 2 is 1.81 bits per heavy atom. The van der Waals surface area contributed by atoms with E-state index >= 15 is 0 Å². The van der Waals surface area contributed by atoms with E-state index in [0.717, 1.165) is 12.0 Å². The van der Waals surface area contributed by atoms with Gasteiger partial charge >= 0.3 is 0 Å². The Labute approximate surface area is 192 Å². The monoisotopic (exact) mass is 444 g/mol. The average molecular weight is 445 g/mol. The van der Waals surface area contributed by atoms with Crippen molar-refractivity contribution in [1.82, 2.24) is 9.88 Å². The van der Waals surface area contributed by atoms with Crippen LogP contribution in [0.15, 0.2) is 79.1 Å². The number of benzene rings is 2. The summed E-state index contributed by atoms with van der Waals surface area (Å²) in [6.45, 7) is 2.59. The molecule has 4 rings (SSSR count). The molecule has 1 aliphatic heterocycles. The normalized spacial score (nSPS) is 15.8. The minimum atomic E-state index is -0.662. The summed E-state index contributed by atoms with van der Waals surface area (Å²) in [4.78, 5) is 33.5. The first-order valence-corrected chi connectivity index (χ1v) is 10.9. The van der Waals surface area contributed by atoms with Gasteiger partial charge in [-0.2, -0.15) is 0 Å². The van der Waals surface area contributed by atoms with Crippen LogP contribution in [0.25, 0.3) is 0 Å². The van der Waals surface area contributed by atoms with Gasteiger partial charge in [-0.1, -0.05) is 48.0 Å². The molecule has 2 heterocycles. The van der Waals surface area contributed by atoms with Crippen molar-refractivity contribution in [3.05, 3.63) is 90.3 Å². The molecular weight excluding hydrogens is 420 g/mol. The Balaban J connectivity index is 1.54. The SMILES string of the molecule is Cc1ccc(CCN2C(=S)N(c3ccccc3)C(=O)C2CC(=O)Nc2cccnc2)cc1. The zero-order valence-corrected chi connectivity index (χ0v) is 18.6. The van der Waals surface area contributed by atoms with Crippen molar-refractivity contribution in [2.75, 3.05) is 16.8 Å². The minimum Gasteiger partial charge on any atom is -0.336 e. The highest BCUT2D eigenvalue weighted by molar-refractivity contribution is 7.80. The Morgan fingerprint density at radius 1 is 1.06 bits per heavy atom. The van der Waals surface area contributed by atoms with Crippen molar-refractivity contribution >= 4 is 40.5 Å². The number of nitrogens with zero attached hydrogens (tertiary/aromatic N) is 3. The number of pyridine rings is 1. The smallest absolute Gasteiger partial charge is 0.256 e. The zero-order chi connectivity index (χ0) is 22.5. The van der Waals surface area contributed by atoms with Gasteiger partial charge in [0, 0.05) is 12.7 Å². The maximum absolute atomic E-state index is 13.4. The van der Waals surface area contributed by atoms with Crippen molar-refractivity contribution in [3.8, 4) is 0 Å². The highest BCUT2D eigenvalue weighted by atomic mass is 32.1. The van der Waals surface area contributed by atoms with Gasteiger partial charge in [0.2, 0.25) is 5.91 Å². The summed E-state index contributed by atoms with van der Waals surface area (Å²) < 4.78 is 0. The molecule has 1 atom stereocenters. The Kier molecular flexibility index (Phi) is 6.56. The van der Waals surface area contributed by atoms with Crippen LogP contribution in [0.3, 0.4) is 0 Å². The van der Waals surface area contributed by atoms with Crippen LogP contribution in [0.1, 0.15) is 17.5 Å². The second-order valence-corrected chi connectivity index (χ2v) is 8.10. The summed E-state index contributed by atoms with van der Waals surface area (Å²) in [6, 6.07) is 20.5. The summed E-state index contributed by atoms with van der Waals surface area (Å²) in [6.07, 6.45) is 3.94. The fourth-order valence-corrected chi connectivity index (χ4v) is 4.14. The molecule has 3 aromatic rings. The van der Waals surface area contributed by atoms with Gasteiger partial charge in [-0.05, 0) is 55.4 Å². The maximum atomic E-state index is 13.4. The number of thiocarbonyl (C=S) groups is 1. The topological polar surface area (TPSA) is 65.5 Å². The molecular formula is C25H24N4O2S. The number of hydrogen-bond acceptors (Lipinski definition) is 4. The van der Waals surface area contributed by atoms with Crippen LogP contribution in [-0.2, 0) is 16.0 Å². The first kappa shape index (κ1) is 21.6. The van der Waals surface area contributed by atoms with E-state index in [0.29, 0.717) is 23.0 Å². The molecule has 0 radical (unpaired) electrons. The molecule has 162 valence electrons. The van der Waals surface area contributed by atoms with Crippen molar-refractivity contribution in [1.29, 1.82) is 0 Å². The van der Waals surface area contributed by atoms with Gasteiger partial charge in [-0.15, -0.1) is 0 Å². The lowest BCUT2D eigenvalue weighted by molar-refractivity contribution is -0.124. The molecule has 1 N–H and O–H groups in total. The van der Waals surface area contributed by atoms with Crippen LogP contribution >= 0.6 is 12.2 Å². The van der Waals surface area contributed by atoms with E-state index in [1.54, 1.807) is 24.5 Å². The maximum Gasteiger partial charge on any atom is 0.256 e. The molecule has 2 amide bonds. The van der Waals surface area contributed by atoms with Crippen LogP contribution in [0, 0.1) is 6.92 Å². The molecule has 0 spiro atoms. The van der Waals surface area contributed by atoms with Crippen molar-refractivity contribution < 1.29 is 9.59 Å². The van der Waals surface area contributed by atoms with Gasteiger partial charge in [0.25, 0.3) is 5.91 Å². The summed E-state index contributed by atoms with van der Waals surface area (Å²) in [7, 11) is 0. The van der Waals surface area contributed by atoms with E-state index in [-0.39, 0.29) is 18.2 Å². The van der Waals surface area contributed by atoms with Gasteiger partial charge in [-0.3, -0.25) is 19.5 Å². The molecule has 1 aromatic heterocycles. The van der Waals surface area contributed by atoms with E-state index in [4.69, 9.17) is 12.2 Å². The van der Waals surface area contributed by atoms with Crippen LogP contribution < -0.4 is 10.2 Å². The molecule has 1 fully saturated rings. The standard InChI is InChI=1S/C25H24N4O2S/c1-18-9-11-19(12-10-18)13-15-28-22(16-23(30)27-20-6-5-14-26-17-20)24(31)29(25(28)32)21-7-3-2-4-8-21/h2-12,14,17,22H,13,15-16H2,1H3,(H,27,30). The Morgan fingerprint density at radius 3 is 2.50 bits per heavy atom. The van der Waals surface area contributed by atoms with E-state index in [1.807, 2.05) is 42.2 Å². The molecule has 7 heteroatoms. The lowest BCUT2D eigenvalue weighted by atomic mass is 10.1. The first-order valence-electron chi connectivity index (χ1n) is 10.5. The third-order valence-corrected chi connectivity index (χ3v) is 5.84. The van der Waals surface area contributed by atoms with Gasteiger partial charge in [0.1, 0.15) is 6.04 Å². The number of amides is 2. The number of aryl methyl sites for hydroxylation is 1. The average Bonchev–Trinajstić information content (AvgIpc) is 3.03. The number of rotatable bonds is 7. The predicted molar refractivity (Wildman–Crippen MR) is 129 cm³/mol. The van der Waals surface area contributed by atoms with E-state index in [2.05, 4.69) is 34.6 Å². The second kappa shape index (κ2) is 9.70. The molecule has 32 heavy (non-hydrogen) atoms. The third kappa shape index (κ3) is 4.84. The number of nitrogens with one attached hydrogen (secondary N) is 1. The Bertz CT molecular complexity index is 1100. The van der Waals surface area contributed by atoms with Crippen LogP contribution in [0.2, 0.25) is 0 Å². The van der Waals surface area contributed by atoms with Crippen molar-refractivity contribution in [3.63, 3.8) is 0 Å². The Hall–Kier alpha value is -3.58. The quantitative estimate of drug-likeness (QED) is 0.559. The molecule has 1 aliphatic rings. The molecule has 1 saturated heterocycles. The summed E-state index contributed by atoms with van der Waals surface area (Å²) >= 11 is 5.71.